The maximum atomic E-state index is 5.20. The van der Waals surface area contributed by atoms with Crippen molar-refractivity contribution in [3.8, 4) is 5.75 Å². The molecule has 78 valence electrons. The van der Waals surface area contributed by atoms with E-state index in [4.69, 9.17) is 4.74 Å². The van der Waals surface area contributed by atoms with Crippen LogP contribution in [0.1, 0.15) is 31.9 Å². The summed E-state index contributed by atoms with van der Waals surface area (Å²) < 4.78 is 5.20. The van der Waals surface area contributed by atoms with E-state index in [9.17, 15) is 0 Å². The fraction of sp³-hybridized carbons (Fsp3) is 0.500. The highest BCUT2D eigenvalue weighted by Crippen LogP contribution is 2.20. The monoisotopic (exact) mass is 193 g/mol. The van der Waals surface area contributed by atoms with Crippen molar-refractivity contribution in [1.82, 2.24) is 5.32 Å². The van der Waals surface area contributed by atoms with Crippen LogP contribution in [0.4, 0.5) is 0 Å². The third kappa shape index (κ3) is 2.74. The number of methoxy groups -OCH3 is 1. The summed E-state index contributed by atoms with van der Waals surface area (Å²) in [4.78, 5) is 0. The van der Waals surface area contributed by atoms with E-state index in [0.717, 1.165) is 18.7 Å². The molecule has 0 aliphatic carbocycles. The minimum absolute atomic E-state index is 0.440. The Kier molecular flexibility index (Phi) is 4.47. The first-order valence-electron chi connectivity index (χ1n) is 5.19. The molecule has 0 saturated carbocycles. The Labute approximate surface area is 86.3 Å². The molecular formula is C12H19NO. The van der Waals surface area contributed by atoms with Gasteiger partial charge in [-0.25, -0.2) is 0 Å². The van der Waals surface area contributed by atoms with Gasteiger partial charge in [0, 0.05) is 6.04 Å². The number of ether oxygens (including phenoxy) is 1. The summed E-state index contributed by atoms with van der Waals surface area (Å²) in [5, 5.41) is 3.44. The van der Waals surface area contributed by atoms with E-state index >= 15 is 0 Å². The van der Waals surface area contributed by atoms with Crippen molar-refractivity contribution in [2.45, 2.75) is 26.3 Å². The van der Waals surface area contributed by atoms with Crippen LogP contribution in [0.15, 0.2) is 24.3 Å². The molecule has 1 aromatic carbocycles. The standard InChI is InChI=1S/C12H19NO/c1-4-12(13-5-2)10-7-6-8-11(9-10)14-3/h6-9,12-13H,4-5H2,1-3H3. The summed E-state index contributed by atoms with van der Waals surface area (Å²) in [6, 6.07) is 8.68. The molecule has 1 unspecified atom stereocenters. The van der Waals surface area contributed by atoms with Gasteiger partial charge >= 0.3 is 0 Å². The second-order valence-electron chi connectivity index (χ2n) is 3.30. The van der Waals surface area contributed by atoms with Crippen molar-refractivity contribution in [3.63, 3.8) is 0 Å². The van der Waals surface area contributed by atoms with Crippen molar-refractivity contribution in [2.24, 2.45) is 0 Å². The maximum Gasteiger partial charge on any atom is 0.119 e. The fourth-order valence-corrected chi connectivity index (χ4v) is 1.60. The Hall–Kier alpha value is -1.02. The van der Waals surface area contributed by atoms with E-state index < -0.39 is 0 Å². The van der Waals surface area contributed by atoms with Crippen LogP contribution in [0.5, 0.6) is 5.75 Å². The van der Waals surface area contributed by atoms with Crippen molar-refractivity contribution in [3.05, 3.63) is 29.8 Å². The summed E-state index contributed by atoms with van der Waals surface area (Å²) in [5.41, 5.74) is 1.30. The molecule has 1 aromatic rings. The van der Waals surface area contributed by atoms with Gasteiger partial charge in [0.2, 0.25) is 0 Å². The van der Waals surface area contributed by atoms with Gasteiger partial charge in [0.15, 0.2) is 0 Å². The predicted octanol–water partition coefficient (Wildman–Crippen LogP) is 2.76. The molecule has 2 nitrogen and oxygen atoms in total. The first-order valence-corrected chi connectivity index (χ1v) is 5.19. The highest BCUT2D eigenvalue weighted by atomic mass is 16.5. The number of hydrogen-bond acceptors (Lipinski definition) is 2. The van der Waals surface area contributed by atoms with Crippen LogP contribution >= 0.6 is 0 Å². The zero-order chi connectivity index (χ0) is 10.4. The molecule has 1 rings (SSSR count). The van der Waals surface area contributed by atoms with Crippen LogP contribution in [0.2, 0.25) is 0 Å². The van der Waals surface area contributed by atoms with Crippen LogP contribution in [0.25, 0.3) is 0 Å². The molecule has 2 heteroatoms. The highest BCUT2D eigenvalue weighted by Gasteiger charge is 2.07. The summed E-state index contributed by atoms with van der Waals surface area (Å²) in [5.74, 6) is 0.929. The molecule has 0 aromatic heterocycles. The van der Waals surface area contributed by atoms with Gasteiger partial charge in [-0.1, -0.05) is 26.0 Å². The maximum absolute atomic E-state index is 5.20. The Morgan fingerprint density at radius 3 is 2.71 bits per heavy atom. The molecular weight excluding hydrogens is 174 g/mol. The van der Waals surface area contributed by atoms with Gasteiger partial charge in [0.25, 0.3) is 0 Å². The minimum Gasteiger partial charge on any atom is -0.497 e. The smallest absolute Gasteiger partial charge is 0.119 e. The third-order valence-corrected chi connectivity index (χ3v) is 2.35. The summed E-state index contributed by atoms with van der Waals surface area (Å²) in [6.45, 7) is 5.31. The van der Waals surface area contributed by atoms with E-state index in [0.29, 0.717) is 6.04 Å². The lowest BCUT2D eigenvalue weighted by molar-refractivity contribution is 0.412. The van der Waals surface area contributed by atoms with Crippen molar-refractivity contribution in [2.75, 3.05) is 13.7 Å². The molecule has 0 aliphatic heterocycles. The Morgan fingerprint density at radius 1 is 1.36 bits per heavy atom. The molecule has 0 amide bonds. The van der Waals surface area contributed by atoms with Crippen molar-refractivity contribution >= 4 is 0 Å². The van der Waals surface area contributed by atoms with E-state index in [-0.39, 0.29) is 0 Å². The Morgan fingerprint density at radius 2 is 2.14 bits per heavy atom. The van der Waals surface area contributed by atoms with Gasteiger partial charge in [-0.15, -0.1) is 0 Å². The fourth-order valence-electron chi connectivity index (χ4n) is 1.60. The summed E-state index contributed by atoms with van der Waals surface area (Å²) in [7, 11) is 1.70. The highest BCUT2D eigenvalue weighted by molar-refractivity contribution is 5.30. The SMILES string of the molecule is CCNC(CC)c1cccc(OC)c1. The van der Waals surface area contributed by atoms with Crippen molar-refractivity contribution in [1.29, 1.82) is 0 Å². The average Bonchev–Trinajstić information content (AvgIpc) is 2.26. The first-order chi connectivity index (χ1) is 6.81. The van der Waals surface area contributed by atoms with Crippen LogP contribution in [0, 0.1) is 0 Å². The Bertz CT molecular complexity index is 273. The van der Waals surface area contributed by atoms with Gasteiger partial charge in [0.05, 0.1) is 7.11 Å². The summed E-state index contributed by atoms with van der Waals surface area (Å²) in [6.07, 6.45) is 1.10. The normalized spacial score (nSPS) is 12.5. The lowest BCUT2D eigenvalue weighted by atomic mass is 10.0. The topological polar surface area (TPSA) is 21.3 Å². The predicted molar refractivity (Wildman–Crippen MR) is 59.7 cm³/mol. The molecule has 1 N–H and O–H groups in total. The van der Waals surface area contributed by atoms with Crippen LogP contribution in [-0.4, -0.2) is 13.7 Å². The minimum atomic E-state index is 0.440. The van der Waals surface area contributed by atoms with Gasteiger partial charge in [0.1, 0.15) is 5.75 Å². The Balaban J connectivity index is 2.80. The molecule has 0 radical (unpaired) electrons. The van der Waals surface area contributed by atoms with Crippen LogP contribution in [-0.2, 0) is 0 Å². The second-order valence-corrected chi connectivity index (χ2v) is 3.30. The first kappa shape index (κ1) is 11.1. The second kappa shape index (κ2) is 5.66. The molecule has 0 spiro atoms. The van der Waals surface area contributed by atoms with Gasteiger partial charge < -0.3 is 10.1 Å². The van der Waals surface area contributed by atoms with E-state index in [1.807, 2.05) is 12.1 Å². The van der Waals surface area contributed by atoms with E-state index in [1.54, 1.807) is 7.11 Å². The number of nitrogens with one attached hydrogen (secondary N) is 1. The van der Waals surface area contributed by atoms with E-state index in [2.05, 4.69) is 31.3 Å². The zero-order valence-corrected chi connectivity index (χ0v) is 9.21. The molecule has 1 atom stereocenters. The van der Waals surface area contributed by atoms with Crippen LogP contribution in [0.3, 0.4) is 0 Å². The zero-order valence-electron chi connectivity index (χ0n) is 9.21. The lowest BCUT2D eigenvalue weighted by Gasteiger charge is -2.16. The van der Waals surface area contributed by atoms with Gasteiger partial charge in [-0.3, -0.25) is 0 Å². The molecule has 0 heterocycles. The molecule has 0 fully saturated rings. The molecule has 0 saturated heterocycles. The van der Waals surface area contributed by atoms with Crippen molar-refractivity contribution < 1.29 is 4.74 Å². The van der Waals surface area contributed by atoms with E-state index in [1.165, 1.54) is 5.56 Å². The quantitative estimate of drug-likeness (QED) is 0.776. The van der Waals surface area contributed by atoms with Gasteiger partial charge in [-0.2, -0.15) is 0 Å². The largest absolute Gasteiger partial charge is 0.497 e. The summed E-state index contributed by atoms with van der Waals surface area (Å²) >= 11 is 0. The average molecular weight is 193 g/mol. The van der Waals surface area contributed by atoms with Crippen LogP contribution < -0.4 is 10.1 Å². The molecule has 0 aliphatic rings. The third-order valence-electron chi connectivity index (χ3n) is 2.35. The number of rotatable bonds is 5. The molecule has 0 bridgehead atoms. The molecule has 14 heavy (non-hydrogen) atoms. The van der Waals surface area contributed by atoms with Gasteiger partial charge in [-0.05, 0) is 30.7 Å². The lowest BCUT2D eigenvalue weighted by Crippen LogP contribution is -2.19. The number of hydrogen-bond donors (Lipinski definition) is 1. The number of benzene rings is 1.